The number of ether oxygens (including phenoxy) is 1. The summed E-state index contributed by atoms with van der Waals surface area (Å²) in [5.74, 6) is 0.844. The molecule has 3 rings (SSSR count). The quantitative estimate of drug-likeness (QED) is 0.432. The van der Waals surface area contributed by atoms with Crippen molar-refractivity contribution in [2.75, 3.05) is 0 Å². The van der Waals surface area contributed by atoms with Crippen molar-refractivity contribution in [3.8, 4) is 5.75 Å². The van der Waals surface area contributed by atoms with E-state index in [0.29, 0.717) is 17.8 Å². The maximum Gasteiger partial charge on any atom is 0.187 e. The highest BCUT2D eigenvalue weighted by Crippen LogP contribution is 2.17. The van der Waals surface area contributed by atoms with E-state index in [2.05, 4.69) is 41.0 Å². The Hall–Kier alpha value is -2.40. The second kappa shape index (κ2) is 10.1. The molecule has 27 heavy (non-hydrogen) atoms. The second-order valence-electron chi connectivity index (χ2n) is 7.03. The SMILES string of the molecule is Cc1cccc(COc2ccc(/C=N/NC(=S)NC3CCCCC3)cc2)c1. The van der Waals surface area contributed by atoms with Gasteiger partial charge in [-0.05, 0) is 67.4 Å². The smallest absolute Gasteiger partial charge is 0.187 e. The molecule has 0 radical (unpaired) electrons. The molecule has 0 saturated heterocycles. The zero-order chi connectivity index (χ0) is 18.9. The summed E-state index contributed by atoms with van der Waals surface area (Å²) in [6.07, 6.45) is 8.04. The molecule has 0 atom stereocenters. The van der Waals surface area contributed by atoms with E-state index < -0.39 is 0 Å². The molecule has 0 spiro atoms. The van der Waals surface area contributed by atoms with Gasteiger partial charge in [0, 0.05) is 6.04 Å². The molecule has 0 bridgehead atoms. The zero-order valence-electron chi connectivity index (χ0n) is 15.8. The molecule has 0 unspecified atom stereocenters. The van der Waals surface area contributed by atoms with Crippen LogP contribution in [0.15, 0.2) is 53.6 Å². The highest BCUT2D eigenvalue weighted by atomic mass is 32.1. The largest absolute Gasteiger partial charge is 0.489 e. The fraction of sp³-hybridized carbons (Fsp3) is 0.364. The fourth-order valence-electron chi connectivity index (χ4n) is 3.25. The Balaban J connectivity index is 1.42. The van der Waals surface area contributed by atoms with E-state index in [1.165, 1.54) is 43.2 Å². The normalized spacial score (nSPS) is 14.9. The molecule has 1 saturated carbocycles. The Labute approximate surface area is 167 Å². The third-order valence-corrected chi connectivity index (χ3v) is 4.90. The van der Waals surface area contributed by atoms with Crippen molar-refractivity contribution < 1.29 is 4.74 Å². The highest BCUT2D eigenvalue weighted by Gasteiger charge is 2.13. The van der Waals surface area contributed by atoms with Gasteiger partial charge in [0.05, 0.1) is 6.21 Å². The second-order valence-corrected chi connectivity index (χ2v) is 7.43. The topological polar surface area (TPSA) is 45.6 Å². The molecular formula is C22H27N3OS. The molecule has 1 aliphatic carbocycles. The summed E-state index contributed by atoms with van der Waals surface area (Å²) in [5.41, 5.74) is 6.31. The first kappa shape index (κ1) is 19.4. The number of hydrogen-bond acceptors (Lipinski definition) is 3. The Morgan fingerprint density at radius 2 is 1.93 bits per heavy atom. The van der Waals surface area contributed by atoms with Gasteiger partial charge >= 0.3 is 0 Å². The summed E-state index contributed by atoms with van der Waals surface area (Å²) < 4.78 is 5.84. The average Bonchev–Trinajstić information content (AvgIpc) is 2.68. The fourth-order valence-corrected chi connectivity index (χ4v) is 3.47. The molecule has 2 N–H and O–H groups in total. The predicted octanol–water partition coefficient (Wildman–Crippen LogP) is 4.70. The average molecular weight is 382 g/mol. The van der Waals surface area contributed by atoms with Gasteiger partial charge in [-0.2, -0.15) is 5.10 Å². The maximum atomic E-state index is 5.84. The summed E-state index contributed by atoms with van der Waals surface area (Å²) in [6.45, 7) is 2.65. The van der Waals surface area contributed by atoms with Gasteiger partial charge in [0.1, 0.15) is 12.4 Å². The summed E-state index contributed by atoms with van der Waals surface area (Å²) in [7, 11) is 0. The van der Waals surface area contributed by atoms with Crippen LogP contribution in [-0.2, 0) is 6.61 Å². The van der Waals surface area contributed by atoms with Gasteiger partial charge in [-0.15, -0.1) is 0 Å². The lowest BCUT2D eigenvalue weighted by molar-refractivity contribution is 0.306. The molecule has 0 heterocycles. The minimum absolute atomic E-state index is 0.485. The van der Waals surface area contributed by atoms with E-state index in [1.807, 2.05) is 30.3 Å². The van der Waals surface area contributed by atoms with E-state index >= 15 is 0 Å². The third kappa shape index (κ3) is 6.68. The van der Waals surface area contributed by atoms with Crippen molar-refractivity contribution in [3.63, 3.8) is 0 Å². The molecule has 0 aromatic heterocycles. The van der Waals surface area contributed by atoms with Crippen LogP contribution in [0.1, 0.15) is 48.8 Å². The van der Waals surface area contributed by atoms with Crippen LogP contribution in [-0.4, -0.2) is 17.4 Å². The van der Waals surface area contributed by atoms with E-state index in [9.17, 15) is 0 Å². The van der Waals surface area contributed by atoms with Gasteiger partial charge in [0.2, 0.25) is 0 Å². The zero-order valence-corrected chi connectivity index (χ0v) is 16.6. The van der Waals surface area contributed by atoms with Gasteiger partial charge in [-0.25, -0.2) is 0 Å². The van der Waals surface area contributed by atoms with Crippen LogP contribution in [0.5, 0.6) is 5.75 Å². The molecule has 2 aromatic carbocycles. The minimum atomic E-state index is 0.485. The van der Waals surface area contributed by atoms with Gasteiger partial charge in [-0.1, -0.05) is 49.1 Å². The lowest BCUT2D eigenvalue weighted by Crippen LogP contribution is -2.40. The lowest BCUT2D eigenvalue weighted by Gasteiger charge is -2.23. The number of aryl methyl sites for hydroxylation is 1. The first-order chi connectivity index (χ1) is 13.2. The van der Waals surface area contributed by atoms with Crippen LogP contribution in [0.2, 0.25) is 0 Å². The van der Waals surface area contributed by atoms with Crippen molar-refractivity contribution in [1.29, 1.82) is 0 Å². The number of nitrogens with zero attached hydrogens (tertiary/aromatic N) is 1. The number of benzene rings is 2. The Morgan fingerprint density at radius 3 is 2.67 bits per heavy atom. The first-order valence-electron chi connectivity index (χ1n) is 9.57. The number of hydrazone groups is 1. The van der Waals surface area contributed by atoms with Crippen LogP contribution >= 0.6 is 12.2 Å². The highest BCUT2D eigenvalue weighted by molar-refractivity contribution is 7.80. The molecule has 1 aliphatic rings. The van der Waals surface area contributed by atoms with Crippen LogP contribution < -0.4 is 15.5 Å². The summed E-state index contributed by atoms with van der Waals surface area (Å²) in [5, 5.41) is 8.15. The number of hydrogen-bond donors (Lipinski definition) is 2. The van der Waals surface area contributed by atoms with Crippen molar-refractivity contribution in [2.45, 2.75) is 51.7 Å². The van der Waals surface area contributed by atoms with Gasteiger partial charge in [0.15, 0.2) is 5.11 Å². The van der Waals surface area contributed by atoms with Crippen LogP contribution in [0.3, 0.4) is 0 Å². The standard InChI is InChI=1S/C22H27N3OS/c1-17-6-5-7-19(14-17)16-26-21-12-10-18(11-13-21)15-23-25-22(27)24-20-8-3-2-4-9-20/h5-7,10-15,20H,2-4,8-9,16H2,1H3,(H2,24,25,27)/b23-15+. The summed E-state index contributed by atoms with van der Waals surface area (Å²) >= 11 is 5.31. The molecule has 0 amide bonds. The molecule has 4 nitrogen and oxygen atoms in total. The van der Waals surface area contributed by atoms with E-state index in [0.717, 1.165) is 11.3 Å². The van der Waals surface area contributed by atoms with Gasteiger partial charge < -0.3 is 10.1 Å². The van der Waals surface area contributed by atoms with Crippen molar-refractivity contribution in [3.05, 3.63) is 65.2 Å². The van der Waals surface area contributed by atoms with Gasteiger partial charge in [-0.3, -0.25) is 5.43 Å². The molecule has 1 fully saturated rings. The van der Waals surface area contributed by atoms with Crippen LogP contribution in [0.25, 0.3) is 0 Å². The van der Waals surface area contributed by atoms with E-state index in [1.54, 1.807) is 6.21 Å². The number of thiocarbonyl (C=S) groups is 1. The Morgan fingerprint density at radius 1 is 1.15 bits per heavy atom. The van der Waals surface area contributed by atoms with E-state index in [4.69, 9.17) is 17.0 Å². The van der Waals surface area contributed by atoms with Gasteiger partial charge in [0.25, 0.3) is 0 Å². The summed E-state index contributed by atoms with van der Waals surface area (Å²) in [6, 6.07) is 16.7. The van der Waals surface area contributed by atoms with Crippen molar-refractivity contribution in [2.24, 2.45) is 5.10 Å². The van der Waals surface area contributed by atoms with Crippen molar-refractivity contribution in [1.82, 2.24) is 10.7 Å². The number of nitrogens with one attached hydrogen (secondary N) is 2. The summed E-state index contributed by atoms with van der Waals surface area (Å²) in [4.78, 5) is 0. The molecule has 2 aromatic rings. The molecule has 0 aliphatic heterocycles. The minimum Gasteiger partial charge on any atom is -0.489 e. The van der Waals surface area contributed by atoms with E-state index in [-0.39, 0.29) is 0 Å². The number of rotatable bonds is 6. The van der Waals surface area contributed by atoms with Crippen LogP contribution in [0, 0.1) is 6.92 Å². The monoisotopic (exact) mass is 381 g/mol. The lowest BCUT2D eigenvalue weighted by atomic mass is 9.96. The van der Waals surface area contributed by atoms with Crippen LogP contribution in [0.4, 0.5) is 0 Å². The predicted molar refractivity (Wildman–Crippen MR) is 115 cm³/mol. The Bertz CT molecular complexity index is 767. The molecule has 142 valence electrons. The Kier molecular flexibility index (Phi) is 7.22. The first-order valence-corrected chi connectivity index (χ1v) is 9.98. The van der Waals surface area contributed by atoms with Crippen molar-refractivity contribution >= 4 is 23.5 Å². The molecular weight excluding hydrogens is 354 g/mol. The third-order valence-electron chi connectivity index (χ3n) is 4.69. The molecule has 5 heteroatoms. The maximum absolute atomic E-state index is 5.84.